The van der Waals surface area contributed by atoms with Crippen molar-refractivity contribution < 1.29 is 32.9 Å². The molecule has 0 aromatic heterocycles. The number of rotatable bonds is 46. The number of unbranched alkanes of at least 4 members (excludes halogenated alkanes) is 21. The molecule has 3 atom stereocenters. The Labute approximate surface area is 389 Å². The first-order valence-electron chi connectivity index (χ1n) is 25.8. The number of allylic oxidation sites excluding steroid dienone is 12. The highest BCUT2D eigenvalue weighted by Gasteiger charge is 2.24. The van der Waals surface area contributed by atoms with E-state index in [2.05, 4.69) is 92.1 Å². The van der Waals surface area contributed by atoms with Crippen LogP contribution in [-0.4, -0.2) is 68.5 Å². The number of carbonyl (C=O) groups excluding carboxylic acids is 1. The van der Waals surface area contributed by atoms with Crippen LogP contribution in [0.25, 0.3) is 0 Å². The minimum atomic E-state index is -4.58. The predicted molar refractivity (Wildman–Crippen MR) is 270 cm³/mol. The highest BCUT2D eigenvalue weighted by atomic mass is 31.2. The second-order valence-corrected chi connectivity index (χ2v) is 19.9. The Kier molecular flexibility index (Phi) is 43.6. The van der Waals surface area contributed by atoms with Crippen LogP contribution in [0.1, 0.15) is 213 Å². The molecular formula is C54H99N2O6P. The van der Waals surface area contributed by atoms with E-state index in [0.29, 0.717) is 23.9 Å². The molecule has 0 aromatic rings. The monoisotopic (exact) mass is 903 g/mol. The zero-order chi connectivity index (χ0) is 46.4. The zero-order valence-corrected chi connectivity index (χ0v) is 42.4. The number of carbonyl (C=O) groups is 1. The van der Waals surface area contributed by atoms with E-state index in [1.165, 1.54) is 96.3 Å². The fourth-order valence-electron chi connectivity index (χ4n) is 7.16. The molecule has 3 unspecified atom stereocenters. The largest absolute Gasteiger partial charge is 0.756 e. The molecule has 366 valence electrons. The normalized spacial score (nSPS) is 14.7. The van der Waals surface area contributed by atoms with E-state index < -0.39 is 20.0 Å². The van der Waals surface area contributed by atoms with Crippen LogP contribution < -0.4 is 10.2 Å². The molecule has 0 fully saturated rings. The van der Waals surface area contributed by atoms with Gasteiger partial charge in [0.2, 0.25) is 5.91 Å². The maximum Gasteiger partial charge on any atom is 0.268 e. The number of nitrogens with one attached hydrogen (secondary N) is 1. The van der Waals surface area contributed by atoms with E-state index in [1.54, 1.807) is 0 Å². The minimum absolute atomic E-state index is 0.00323. The van der Waals surface area contributed by atoms with E-state index in [0.717, 1.165) is 89.9 Å². The van der Waals surface area contributed by atoms with Gasteiger partial charge in [-0.3, -0.25) is 9.36 Å². The van der Waals surface area contributed by atoms with Crippen molar-refractivity contribution in [2.24, 2.45) is 0 Å². The van der Waals surface area contributed by atoms with Crippen molar-refractivity contribution >= 4 is 13.7 Å². The molecule has 0 radical (unpaired) electrons. The van der Waals surface area contributed by atoms with Crippen LogP contribution in [-0.2, 0) is 18.4 Å². The number of amides is 1. The summed E-state index contributed by atoms with van der Waals surface area (Å²) in [6.07, 6.45) is 60.5. The average molecular weight is 903 g/mol. The highest BCUT2D eigenvalue weighted by molar-refractivity contribution is 7.45. The number of nitrogens with zero attached hydrogens (tertiary/aromatic N) is 1. The van der Waals surface area contributed by atoms with Gasteiger partial charge < -0.3 is 28.8 Å². The van der Waals surface area contributed by atoms with Crippen LogP contribution in [0.4, 0.5) is 0 Å². The van der Waals surface area contributed by atoms with Crippen molar-refractivity contribution in [3.8, 4) is 0 Å². The summed E-state index contributed by atoms with van der Waals surface area (Å²) in [5.41, 5.74) is 0. The number of phosphoric ester groups is 1. The number of aliphatic hydroxyl groups is 1. The third kappa shape index (κ3) is 47.7. The van der Waals surface area contributed by atoms with E-state index in [1.807, 2.05) is 21.1 Å². The van der Waals surface area contributed by atoms with Gasteiger partial charge in [0.25, 0.3) is 7.82 Å². The summed E-state index contributed by atoms with van der Waals surface area (Å²) in [5.74, 6) is -0.191. The number of quaternary nitrogens is 1. The lowest BCUT2D eigenvalue weighted by Gasteiger charge is -2.30. The lowest BCUT2D eigenvalue weighted by Crippen LogP contribution is -2.46. The van der Waals surface area contributed by atoms with Crippen LogP contribution in [0.5, 0.6) is 0 Å². The average Bonchev–Trinajstić information content (AvgIpc) is 3.24. The van der Waals surface area contributed by atoms with Gasteiger partial charge in [-0.05, 0) is 64.2 Å². The molecule has 8 nitrogen and oxygen atoms in total. The summed E-state index contributed by atoms with van der Waals surface area (Å²) >= 11 is 0. The molecular weight excluding hydrogens is 804 g/mol. The fourth-order valence-corrected chi connectivity index (χ4v) is 7.88. The quantitative estimate of drug-likeness (QED) is 0.0273. The molecule has 0 rings (SSSR count). The predicted octanol–water partition coefficient (Wildman–Crippen LogP) is 14.5. The van der Waals surface area contributed by atoms with E-state index in [4.69, 9.17) is 9.05 Å². The summed E-state index contributed by atoms with van der Waals surface area (Å²) in [6, 6.07) is -0.819. The Morgan fingerprint density at radius 1 is 0.571 bits per heavy atom. The first-order chi connectivity index (χ1) is 30.5. The Morgan fingerprint density at radius 2 is 0.968 bits per heavy atom. The Balaban J connectivity index is 4.34. The molecule has 1 amide bonds. The molecule has 0 aromatic carbocycles. The van der Waals surface area contributed by atoms with Crippen LogP contribution >= 0.6 is 7.82 Å². The topological polar surface area (TPSA) is 108 Å². The van der Waals surface area contributed by atoms with Crippen molar-refractivity contribution in [1.29, 1.82) is 0 Å². The van der Waals surface area contributed by atoms with Crippen molar-refractivity contribution in [2.45, 2.75) is 225 Å². The zero-order valence-electron chi connectivity index (χ0n) is 41.5. The lowest BCUT2D eigenvalue weighted by molar-refractivity contribution is -0.870. The van der Waals surface area contributed by atoms with Crippen LogP contribution in [0, 0.1) is 0 Å². The Morgan fingerprint density at radius 3 is 1.41 bits per heavy atom. The first-order valence-corrected chi connectivity index (χ1v) is 27.2. The van der Waals surface area contributed by atoms with Gasteiger partial charge in [0, 0.05) is 6.42 Å². The van der Waals surface area contributed by atoms with Crippen LogP contribution in [0.2, 0.25) is 0 Å². The third-order valence-corrected chi connectivity index (χ3v) is 12.2. The van der Waals surface area contributed by atoms with Gasteiger partial charge in [0.05, 0.1) is 39.9 Å². The molecule has 0 heterocycles. The van der Waals surface area contributed by atoms with Crippen molar-refractivity contribution in [2.75, 3.05) is 40.9 Å². The molecule has 0 aliphatic heterocycles. The highest BCUT2D eigenvalue weighted by Crippen LogP contribution is 2.38. The van der Waals surface area contributed by atoms with Gasteiger partial charge in [-0.15, -0.1) is 0 Å². The van der Waals surface area contributed by atoms with Crippen molar-refractivity contribution in [3.63, 3.8) is 0 Å². The van der Waals surface area contributed by atoms with E-state index >= 15 is 0 Å². The van der Waals surface area contributed by atoms with Crippen molar-refractivity contribution in [1.82, 2.24) is 5.32 Å². The van der Waals surface area contributed by atoms with E-state index in [9.17, 15) is 19.4 Å². The third-order valence-electron chi connectivity index (χ3n) is 11.2. The lowest BCUT2D eigenvalue weighted by atomic mass is 10.0. The van der Waals surface area contributed by atoms with Crippen molar-refractivity contribution in [3.05, 3.63) is 72.9 Å². The minimum Gasteiger partial charge on any atom is -0.756 e. The molecule has 0 aliphatic carbocycles. The second-order valence-electron chi connectivity index (χ2n) is 18.5. The molecule has 0 aliphatic rings. The summed E-state index contributed by atoms with van der Waals surface area (Å²) in [4.78, 5) is 25.5. The summed E-state index contributed by atoms with van der Waals surface area (Å²) in [6.45, 7) is 4.59. The molecule has 9 heteroatoms. The molecule has 2 N–H and O–H groups in total. The van der Waals surface area contributed by atoms with Gasteiger partial charge >= 0.3 is 0 Å². The number of phosphoric acid groups is 1. The first kappa shape index (κ1) is 60.9. The summed E-state index contributed by atoms with van der Waals surface area (Å²) in [7, 11) is 1.28. The standard InChI is InChI=1S/C54H99N2O6P/c1-6-8-10-12-14-16-18-20-22-24-26-27-28-29-30-32-34-36-38-40-42-44-46-48-54(58)55-52(51-62-63(59,60)61-50-49-56(3,4)5)53(57)47-45-43-41-39-37-35-33-31-25-23-21-19-17-15-13-11-9-7-2/h8,10,14,16,20,22,26-27,29-30,34,36,52-53,57H,6-7,9,11-13,15,17-19,21,23-25,28,31-33,35,37-51H2,1-5H3,(H-,55,58,59,60)/b10-8-,16-14-,22-20-,27-26-,30-29-,36-34-. The number of aliphatic hydroxyl groups excluding tert-OH is 1. The van der Waals surface area contributed by atoms with Gasteiger partial charge in [0.15, 0.2) is 0 Å². The number of hydrogen-bond acceptors (Lipinski definition) is 6. The second kappa shape index (κ2) is 45.1. The summed E-state index contributed by atoms with van der Waals surface area (Å²) in [5, 5.41) is 14.0. The number of hydrogen-bond donors (Lipinski definition) is 2. The maximum absolute atomic E-state index is 12.9. The Hall–Kier alpha value is -2.06. The number of likely N-dealkylation sites (N-methyl/N-ethyl adjacent to an activating group) is 1. The molecule has 0 saturated heterocycles. The summed E-state index contributed by atoms with van der Waals surface area (Å²) < 4.78 is 23.3. The van der Waals surface area contributed by atoms with Crippen LogP contribution in [0.15, 0.2) is 72.9 Å². The molecule has 0 saturated carbocycles. The maximum atomic E-state index is 12.9. The smallest absolute Gasteiger partial charge is 0.268 e. The van der Waals surface area contributed by atoms with Gasteiger partial charge in [0.1, 0.15) is 13.2 Å². The van der Waals surface area contributed by atoms with E-state index in [-0.39, 0.29) is 19.1 Å². The van der Waals surface area contributed by atoms with Gasteiger partial charge in [-0.1, -0.05) is 215 Å². The van der Waals surface area contributed by atoms with Gasteiger partial charge in [-0.2, -0.15) is 0 Å². The SMILES string of the molecule is CC/C=C\C/C=C\C/C=C\C/C=C\C/C=C\C/C=C\CCCCCCC(=O)NC(COP(=O)([O-])OCC[N+](C)(C)C)C(O)CCCCCCCCCCCCCCCCCCCC. The molecule has 0 bridgehead atoms. The molecule has 0 spiro atoms. The Bertz CT molecular complexity index is 1250. The molecule has 63 heavy (non-hydrogen) atoms. The fraction of sp³-hybridized carbons (Fsp3) is 0.759. The van der Waals surface area contributed by atoms with Gasteiger partial charge in [-0.25, -0.2) is 0 Å². The van der Waals surface area contributed by atoms with Crippen LogP contribution in [0.3, 0.4) is 0 Å².